The first-order valence-electron chi connectivity index (χ1n) is 3.99. The van der Waals surface area contributed by atoms with E-state index in [1.165, 1.54) is 0 Å². The van der Waals surface area contributed by atoms with E-state index < -0.39 is 5.97 Å². The smallest absolute Gasteiger partial charge is 0.307 e. The molecule has 0 spiro atoms. The third-order valence-corrected chi connectivity index (χ3v) is 3.43. The largest absolute Gasteiger partial charge is 0.481 e. The summed E-state index contributed by atoms with van der Waals surface area (Å²) >= 11 is 1.80. The fraction of sp³-hybridized carbons (Fsp3) is 0.875. The van der Waals surface area contributed by atoms with Crippen LogP contribution in [0.25, 0.3) is 0 Å². The Balaban J connectivity index is 2.31. The Hall–Kier alpha value is -0.180. The van der Waals surface area contributed by atoms with E-state index in [9.17, 15) is 4.79 Å². The SMILES string of the molecule is CC(C)SC1CCC1C(=O)O. The second-order valence-electron chi connectivity index (χ2n) is 3.25. The number of carboxylic acids is 1. The molecule has 1 aliphatic carbocycles. The molecule has 0 amide bonds. The number of thioether (sulfide) groups is 1. The lowest BCUT2D eigenvalue weighted by molar-refractivity contribution is -0.144. The van der Waals surface area contributed by atoms with E-state index >= 15 is 0 Å². The lowest BCUT2D eigenvalue weighted by Gasteiger charge is -2.33. The van der Waals surface area contributed by atoms with Crippen molar-refractivity contribution in [2.75, 3.05) is 0 Å². The highest BCUT2D eigenvalue weighted by Crippen LogP contribution is 2.39. The van der Waals surface area contributed by atoms with Crippen LogP contribution in [0.1, 0.15) is 26.7 Å². The Morgan fingerprint density at radius 2 is 2.18 bits per heavy atom. The molecular formula is C8H14O2S. The van der Waals surface area contributed by atoms with E-state index in [1.807, 2.05) is 0 Å². The van der Waals surface area contributed by atoms with E-state index in [4.69, 9.17) is 5.11 Å². The molecule has 11 heavy (non-hydrogen) atoms. The van der Waals surface area contributed by atoms with E-state index in [2.05, 4.69) is 13.8 Å². The average molecular weight is 174 g/mol. The van der Waals surface area contributed by atoms with Gasteiger partial charge in [-0.3, -0.25) is 4.79 Å². The molecule has 0 saturated heterocycles. The molecule has 1 saturated carbocycles. The van der Waals surface area contributed by atoms with Gasteiger partial charge in [0.1, 0.15) is 0 Å². The molecule has 0 radical (unpaired) electrons. The molecule has 1 aliphatic rings. The number of aliphatic carboxylic acids is 1. The van der Waals surface area contributed by atoms with Gasteiger partial charge in [0.15, 0.2) is 0 Å². The monoisotopic (exact) mass is 174 g/mol. The Morgan fingerprint density at radius 1 is 1.55 bits per heavy atom. The number of carbonyl (C=O) groups is 1. The van der Waals surface area contributed by atoms with Gasteiger partial charge in [0.25, 0.3) is 0 Å². The summed E-state index contributed by atoms with van der Waals surface area (Å²) in [6.07, 6.45) is 1.96. The van der Waals surface area contributed by atoms with Crippen molar-refractivity contribution in [3.63, 3.8) is 0 Å². The first-order chi connectivity index (χ1) is 5.11. The zero-order valence-electron chi connectivity index (χ0n) is 6.91. The lowest BCUT2D eigenvalue weighted by Crippen LogP contribution is -2.35. The molecular weight excluding hydrogens is 160 g/mol. The zero-order valence-corrected chi connectivity index (χ0v) is 7.73. The fourth-order valence-electron chi connectivity index (χ4n) is 1.26. The minimum Gasteiger partial charge on any atom is -0.481 e. The number of hydrogen-bond acceptors (Lipinski definition) is 2. The van der Waals surface area contributed by atoms with E-state index in [0.29, 0.717) is 10.5 Å². The Bertz CT molecular complexity index is 156. The van der Waals surface area contributed by atoms with Gasteiger partial charge in [0, 0.05) is 5.25 Å². The predicted molar refractivity (Wildman–Crippen MR) is 46.9 cm³/mol. The molecule has 0 aliphatic heterocycles. The molecule has 0 heterocycles. The summed E-state index contributed by atoms with van der Waals surface area (Å²) < 4.78 is 0. The number of carboxylic acid groups (broad SMARTS) is 1. The van der Waals surface area contributed by atoms with Gasteiger partial charge in [-0.1, -0.05) is 13.8 Å². The van der Waals surface area contributed by atoms with Crippen molar-refractivity contribution < 1.29 is 9.90 Å². The predicted octanol–water partition coefficient (Wildman–Crippen LogP) is 1.99. The van der Waals surface area contributed by atoms with Gasteiger partial charge < -0.3 is 5.11 Å². The van der Waals surface area contributed by atoms with Crippen LogP contribution in [0.3, 0.4) is 0 Å². The highest BCUT2D eigenvalue weighted by Gasteiger charge is 2.37. The van der Waals surface area contributed by atoms with Gasteiger partial charge in [-0.15, -0.1) is 0 Å². The quantitative estimate of drug-likeness (QED) is 0.711. The number of hydrogen-bond donors (Lipinski definition) is 1. The number of rotatable bonds is 3. The van der Waals surface area contributed by atoms with E-state index in [1.54, 1.807) is 11.8 Å². The standard InChI is InChI=1S/C8H14O2S/c1-5(2)11-7-4-3-6(7)8(9)10/h5-7H,3-4H2,1-2H3,(H,9,10). The summed E-state index contributed by atoms with van der Waals surface area (Å²) in [5.74, 6) is -0.684. The normalized spacial score (nSPS) is 30.1. The van der Waals surface area contributed by atoms with Crippen LogP contribution in [0.5, 0.6) is 0 Å². The van der Waals surface area contributed by atoms with Gasteiger partial charge in [-0.2, -0.15) is 11.8 Å². The van der Waals surface area contributed by atoms with Crippen molar-refractivity contribution in [2.24, 2.45) is 5.92 Å². The molecule has 2 unspecified atom stereocenters. The molecule has 2 atom stereocenters. The van der Waals surface area contributed by atoms with Crippen LogP contribution in [-0.2, 0) is 4.79 Å². The maximum atomic E-state index is 10.6. The van der Waals surface area contributed by atoms with Gasteiger partial charge in [0.05, 0.1) is 5.92 Å². The van der Waals surface area contributed by atoms with Gasteiger partial charge in [0.2, 0.25) is 0 Å². The van der Waals surface area contributed by atoms with Crippen molar-refractivity contribution >= 4 is 17.7 Å². The summed E-state index contributed by atoms with van der Waals surface area (Å²) in [5.41, 5.74) is 0. The Labute approximate surface area is 71.4 Å². The lowest BCUT2D eigenvalue weighted by atomic mass is 9.85. The minimum atomic E-state index is -0.616. The summed E-state index contributed by atoms with van der Waals surface area (Å²) in [7, 11) is 0. The molecule has 0 aromatic heterocycles. The Morgan fingerprint density at radius 3 is 2.45 bits per heavy atom. The van der Waals surface area contributed by atoms with Crippen molar-refractivity contribution in [3.8, 4) is 0 Å². The van der Waals surface area contributed by atoms with Gasteiger partial charge in [-0.25, -0.2) is 0 Å². The summed E-state index contributed by atoms with van der Waals surface area (Å²) in [6, 6.07) is 0. The van der Waals surface area contributed by atoms with Crippen LogP contribution in [0.15, 0.2) is 0 Å². The van der Waals surface area contributed by atoms with Crippen LogP contribution in [-0.4, -0.2) is 21.6 Å². The minimum absolute atomic E-state index is 0.0672. The van der Waals surface area contributed by atoms with Crippen molar-refractivity contribution in [1.82, 2.24) is 0 Å². The molecule has 0 aromatic carbocycles. The van der Waals surface area contributed by atoms with Crippen LogP contribution >= 0.6 is 11.8 Å². The van der Waals surface area contributed by atoms with E-state index in [0.717, 1.165) is 12.8 Å². The molecule has 3 heteroatoms. The zero-order chi connectivity index (χ0) is 8.43. The average Bonchev–Trinajstić information content (AvgIpc) is 1.78. The first kappa shape index (κ1) is 8.91. The summed E-state index contributed by atoms with van der Waals surface area (Å²) in [4.78, 5) is 10.6. The molecule has 1 rings (SSSR count). The second kappa shape index (κ2) is 3.48. The highest BCUT2D eigenvalue weighted by atomic mass is 32.2. The van der Waals surface area contributed by atoms with Gasteiger partial charge in [-0.05, 0) is 18.1 Å². The van der Waals surface area contributed by atoms with Crippen LogP contribution in [0.4, 0.5) is 0 Å². The molecule has 1 fully saturated rings. The molecule has 0 bridgehead atoms. The third kappa shape index (κ3) is 2.12. The molecule has 1 N–H and O–H groups in total. The molecule has 0 aromatic rings. The maximum Gasteiger partial charge on any atom is 0.307 e. The molecule has 64 valence electrons. The third-order valence-electron chi connectivity index (χ3n) is 1.98. The van der Waals surface area contributed by atoms with E-state index in [-0.39, 0.29) is 5.92 Å². The summed E-state index contributed by atoms with van der Waals surface area (Å²) in [6.45, 7) is 4.23. The summed E-state index contributed by atoms with van der Waals surface area (Å²) in [5, 5.41) is 9.64. The van der Waals surface area contributed by atoms with Crippen LogP contribution in [0, 0.1) is 5.92 Å². The van der Waals surface area contributed by atoms with Crippen LogP contribution < -0.4 is 0 Å². The maximum absolute atomic E-state index is 10.6. The van der Waals surface area contributed by atoms with Gasteiger partial charge >= 0.3 is 5.97 Å². The van der Waals surface area contributed by atoms with Crippen molar-refractivity contribution in [2.45, 2.75) is 37.2 Å². The topological polar surface area (TPSA) is 37.3 Å². The van der Waals surface area contributed by atoms with Crippen molar-refractivity contribution in [3.05, 3.63) is 0 Å². The fourth-order valence-corrected chi connectivity index (χ4v) is 2.68. The highest BCUT2D eigenvalue weighted by molar-refractivity contribution is 8.00. The molecule has 2 nitrogen and oxygen atoms in total. The first-order valence-corrected chi connectivity index (χ1v) is 4.94. The second-order valence-corrected chi connectivity index (χ2v) is 5.07. The van der Waals surface area contributed by atoms with Crippen LogP contribution in [0.2, 0.25) is 0 Å². The van der Waals surface area contributed by atoms with Crippen molar-refractivity contribution in [1.29, 1.82) is 0 Å². The Kier molecular flexibility index (Phi) is 2.82.